The second-order valence-corrected chi connectivity index (χ2v) is 6.97. The number of aromatic nitrogens is 1. The predicted molar refractivity (Wildman–Crippen MR) is 84.1 cm³/mol. The maximum Gasteiger partial charge on any atom is 0.152 e. The van der Waals surface area contributed by atoms with Crippen molar-refractivity contribution < 1.29 is 4.74 Å². The Morgan fingerprint density at radius 2 is 2.05 bits per heavy atom. The molecule has 2 rings (SSSR count). The van der Waals surface area contributed by atoms with E-state index < -0.39 is 0 Å². The van der Waals surface area contributed by atoms with Crippen molar-refractivity contribution in [3.05, 3.63) is 24.3 Å². The third-order valence-corrected chi connectivity index (χ3v) is 5.12. The van der Waals surface area contributed by atoms with Crippen molar-refractivity contribution in [1.82, 2.24) is 4.98 Å². The molecule has 2 aromatic rings. The quantitative estimate of drug-likeness (QED) is 0.836. The molecule has 1 aromatic carbocycles. The highest BCUT2D eigenvalue weighted by atomic mass is 32.2. The SMILES string of the molecule is CCC(C)Sc1nc(-c2ccc(OC)cc2)c(N)s1. The fourth-order valence-corrected chi connectivity index (χ4v) is 3.77. The molecular formula is C14H18N2OS2. The van der Waals surface area contributed by atoms with Gasteiger partial charge in [0.05, 0.1) is 7.11 Å². The van der Waals surface area contributed by atoms with Crippen molar-refractivity contribution in [3.63, 3.8) is 0 Å². The Labute approximate surface area is 122 Å². The topological polar surface area (TPSA) is 48.1 Å². The minimum Gasteiger partial charge on any atom is -0.497 e. The number of thioether (sulfide) groups is 1. The average Bonchev–Trinajstić information content (AvgIpc) is 2.79. The lowest BCUT2D eigenvalue weighted by Crippen LogP contribution is -1.91. The van der Waals surface area contributed by atoms with Crippen LogP contribution in [0.25, 0.3) is 11.3 Å². The molecule has 1 atom stereocenters. The van der Waals surface area contributed by atoms with Crippen LogP contribution in [-0.4, -0.2) is 17.3 Å². The highest BCUT2D eigenvalue weighted by Gasteiger charge is 2.13. The molecular weight excluding hydrogens is 276 g/mol. The van der Waals surface area contributed by atoms with Gasteiger partial charge in [0.25, 0.3) is 0 Å². The molecule has 0 saturated carbocycles. The number of nitrogen functional groups attached to an aromatic ring is 1. The maximum absolute atomic E-state index is 6.07. The van der Waals surface area contributed by atoms with Gasteiger partial charge in [0.1, 0.15) is 16.4 Å². The van der Waals surface area contributed by atoms with E-state index >= 15 is 0 Å². The summed E-state index contributed by atoms with van der Waals surface area (Å²) in [5.74, 6) is 0.840. The Kier molecular flexibility index (Phi) is 4.71. The fourth-order valence-electron chi connectivity index (χ4n) is 1.57. The van der Waals surface area contributed by atoms with Gasteiger partial charge in [0, 0.05) is 10.8 Å². The van der Waals surface area contributed by atoms with E-state index in [1.807, 2.05) is 24.3 Å². The van der Waals surface area contributed by atoms with Crippen molar-refractivity contribution in [2.45, 2.75) is 29.9 Å². The van der Waals surface area contributed by atoms with Gasteiger partial charge in [-0.25, -0.2) is 4.98 Å². The summed E-state index contributed by atoms with van der Waals surface area (Å²) in [6, 6.07) is 7.83. The van der Waals surface area contributed by atoms with E-state index in [2.05, 4.69) is 18.8 Å². The molecule has 0 radical (unpaired) electrons. The van der Waals surface area contributed by atoms with Gasteiger partial charge in [-0.3, -0.25) is 0 Å². The van der Waals surface area contributed by atoms with E-state index in [4.69, 9.17) is 10.5 Å². The molecule has 1 aromatic heterocycles. The Morgan fingerprint density at radius 1 is 1.37 bits per heavy atom. The summed E-state index contributed by atoms with van der Waals surface area (Å²) >= 11 is 3.34. The lowest BCUT2D eigenvalue weighted by atomic mass is 10.1. The number of anilines is 1. The normalized spacial score (nSPS) is 12.4. The monoisotopic (exact) mass is 294 g/mol. The van der Waals surface area contributed by atoms with Gasteiger partial charge >= 0.3 is 0 Å². The summed E-state index contributed by atoms with van der Waals surface area (Å²) in [5.41, 5.74) is 7.98. The number of nitrogens with two attached hydrogens (primary N) is 1. The lowest BCUT2D eigenvalue weighted by molar-refractivity contribution is 0.415. The number of nitrogens with zero attached hydrogens (tertiary/aromatic N) is 1. The summed E-state index contributed by atoms with van der Waals surface area (Å²) in [6.45, 7) is 4.38. The van der Waals surface area contributed by atoms with E-state index in [9.17, 15) is 0 Å². The largest absolute Gasteiger partial charge is 0.497 e. The van der Waals surface area contributed by atoms with Crippen LogP contribution in [0, 0.1) is 0 Å². The second-order valence-electron chi connectivity index (χ2n) is 4.26. The van der Waals surface area contributed by atoms with Crippen LogP contribution < -0.4 is 10.5 Å². The summed E-state index contributed by atoms with van der Waals surface area (Å²) in [7, 11) is 1.66. The Hall–Kier alpha value is -1.20. The van der Waals surface area contributed by atoms with Crippen LogP contribution in [0.15, 0.2) is 28.6 Å². The molecule has 5 heteroatoms. The second kappa shape index (κ2) is 6.30. The molecule has 1 heterocycles. The summed E-state index contributed by atoms with van der Waals surface area (Å²) in [6.07, 6.45) is 1.13. The first-order valence-corrected chi connectivity index (χ1v) is 7.91. The summed E-state index contributed by atoms with van der Waals surface area (Å²) in [5, 5.41) is 1.34. The highest BCUT2D eigenvalue weighted by Crippen LogP contribution is 2.37. The van der Waals surface area contributed by atoms with E-state index in [1.165, 1.54) is 0 Å². The molecule has 1 unspecified atom stereocenters. The first-order valence-electron chi connectivity index (χ1n) is 6.21. The molecule has 0 saturated heterocycles. The van der Waals surface area contributed by atoms with Crippen molar-refractivity contribution in [2.75, 3.05) is 12.8 Å². The lowest BCUT2D eigenvalue weighted by Gasteiger charge is -2.03. The molecule has 19 heavy (non-hydrogen) atoms. The zero-order valence-corrected chi connectivity index (χ0v) is 13.0. The average molecular weight is 294 g/mol. The van der Waals surface area contributed by atoms with Crippen LogP contribution in [0.2, 0.25) is 0 Å². The molecule has 0 aliphatic heterocycles. The molecule has 102 valence electrons. The third-order valence-electron chi connectivity index (χ3n) is 2.87. The van der Waals surface area contributed by atoms with Gasteiger partial charge in [0.15, 0.2) is 4.34 Å². The molecule has 0 aliphatic carbocycles. The molecule has 0 spiro atoms. The number of benzene rings is 1. The number of ether oxygens (including phenoxy) is 1. The first kappa shape index (κ1) is 14.2. The summed E-state index contributed by atoms with van der Waals surface area (Å²) in [4.78, 5) is 4.64. The number of hydrogen-bond donors (Lipinski definition) is 1. The van der Waals surface area contributed by atoms with Gasteiger partial charge in [-0.05, 0) is 30.7 Å². The predicted octanol–water partition coefficient (Wildman–Crippen LogP) is 4.29. The Bertz CT molecular complexity index is 537. The molecule has 3 nitrogen and oxygen atoms in total. The number of rotatable bonds is 5. The van der Waals surface area contributed by atoms with Gasteiger partial charge < -0.3 is 10.5 Å². The molecule has 0 aliphatic rings. The van der Waals surface area contributed by atoms with Crippen LogP contribution in [0.4, 0.5) is 5.00 Å². The Morgan fingerprint density at radius 3 is 2.63 bits per heavy atom. The van der Waals surface area contributed by atoms with E-state index in [0.717, 1.165) is 32.8 Å². The maximum atomic E-state index is 6.07. The van der Waals surface area contributed by atoms with Gasteiger partial charge in [-0.2, -0.15) is 0 Å². The van der Waals surface area contributed by atoms with E-state index in [0.29, 0.717) is 5.25 Å². The zero-order chi connectivity index (χ0) is 13.8. The highest BCUT2D eigenvalue weighted by molar-refractivity contribution is 8.01. The van der Waals surface area contributed by atoms with Gasteiger partial charge in [-0.15, -0.1) is 0 Å². The minimum absolute atomic E-state index is 0.564. The van der Waals surface area contributed by atoms with Crippen LogP contribution >= 0.6 is 23.1 Å². The molecule has 2 N–H and O–H groups in total. The van der Waals surface area contributed by atoms with E-state index in [-0.39, 0.29) is 0 Å². The van der Waals surface area contributed by atoms with Crippen molar-refractivity contribution >= 4 is 28.1 Å². The van der Waals surface area contributed by atoms with Crippen molar-refractivity contribution in [3.8, 4) is 17.0 Å². The van der Waals surface area contributed by atoms with Crippen LogP contribution in [0.1, 0.15) is 20.3 Å². The molecule has 0 bridgehead atoms. The molecule has 0 amide bonds. The standard InChI is InChI=1S/C14H18N2OS2/c1-4-9(2)18-14-16-12(13(15)19-14)10-5-7-11(17-3)8-6-10/h5-9H,4,15H2,1-3H3. The van der Waals surface area contributed by atoms with Crippen molar-refractivity contribution in [2.24, 2.45) is 0 Å². The third kappa shape index (κ3) is 3.42. The smallest absolute Gasteiger partial charge is 0.152 e. The number of thiazole rings is 1. The summed E-state index contributed by atoms with van der Waals surface area (Å²) < 4.78 is 6.19. The van der Waals surface area contributed by atoms with Crippen LogP contribution in [0.3, 0.4) is 0 Å². The van der Waals surface area contributed by atoms with Crippen molar-refractivity contribution in [1.29, 1.82) is 0 Å². The van der Waals surface area contributed by atoms with Crippen LogP contribution in [0.5, 0.6) is 5.75 Å². The van der Waals surface area contributed by atoms with Gasteiger partial charge in [0.2, 0.25) is 0 Å². The van der Waals surface area contributed by atoms with Crippen LogP contribution in [-0.2, 0) is 0 Å². The Balaban J connectivity index is 2.24. The van der Waals surface area contributed by atoms with Gasteiger partial charge in [-0.1, -0.05) is 36.9 Å². The van der Waals surface area contributed by atoms with E-state index in [1.54, 1.807) is 30.2 Å². The first-order chi connectivity index (χ1) is 9.13. The number of hydrogen-bond acceptors (Lipinski definition) is 5. The zero-order valence-electron chi connectivity index (χ0n) is 11.3. The fraction of sp³-hybridized carbons (Fsp3) is 0.357. The minimum atomic E-state index is 0.564. The number of methoxy groups -OCH3 is 1. The molecule has 0 fully saturated rings.